The van der Waals surface area contributed by atoms with Crippen molar-refractivity contribution in [2.45, 2.75) is 13.2 Å². The Balaban J connectivity index is 0.00000432. The Kier molecular flexibility index (Phi) is 9.92. The van der Waals surface area contributed by atoms with E-state index in [1.165, 1.54) is 13.1 Å². The third-order valence-corrected chi connectivity index (χ3v) is 5.10. The Morgan fingerprint density at radius 3 is 2.60 bits per heavy atom. The van der Waals surface area contributed by atoms with Gasteiger partial charge in [0, 0.05) is 54.7 Å². The quantitative estimate of drug-likeness (QED) is 0.238. The van der Waals surface area contributed by atoms with Crippen molar-refractivity contribution in [3.8, 4) is 11.5 Å². The van der Waals surface area contributed by atoms with E-state index in [9.17, 15) is 9.59 Å². The first-order valence-electron chi connectivity index (χ1n) is 10.2. The number of hydrogen-bond donors (Lipinski definition) is 4. The monoisotopic (exact) mass is 520 g/mol. The fourth-order valence-electron chi connectivity index (χ4n) is 2.96. The molecule has 10 nitrogen and oxygen atoms in total. The van der Waals surface area contributed by atoms with Crippen LogP contribution in [0.15, 0.2) is 48.8 Å². The molecule has 0 aliphatic carbocycles. The summed E-state index contributed by atoms with van der Waals surface area (Å²) < 4.78 is 13.1. The maximum Gasteiger partial charge on any atom is 0.257 e. The Morgan fingerprint density at radius 2 is 1.94 bits per heavy atom. The summed E-state index contributed by atoms with van der Waals surface area (Å²) >= 11 is 6.19. The largest absolute Gasteiger partial charge is 0.486 e. The van der Waals surface area contributed by atoms with Crippen LogP contribution in [0.3, 0.4) is 0 Å². The van der Waals surface area contributed by atoms with Crippen molar-refractivity contribution >= 4 is 41.7 Å². The molecule has 0 atom stereocenters. The lowest BCUT2D eigenvalue weighted by atomic mass is 10.1. The molecular weight excluding hydrogens is 495 g/mol. The summed E-state index contributed by atoms with van der Waals surface area (Å²) in [7, 11) is 3.36. The fraction of sp³-hybridized carbons (Fsp3) is 0.217. The topological polar surface area (TPSA) is 144 Å². The number of rotatable bonds is 10. The van der Waals surface area contributed by atoms with Crippen molar-refractivity contribution in [3.05, 3.63) is 76.3 Å². The summed E-state index contributed by atoms with van der Waals surface area (Å²) in [5.41, 5.74) is 6.91. The van der Waals surface area contributed by atoms with Gasteiger partial charge in [-0.2, -0.15) is 0 Å². The summed E-state index contributed by atoms with van der Waals surface area (Å²) in [6.45, 7) is 0.110. The van der Waals surface area contributed by atoms with Crippen molar-refractivity contribution in [1.29, 1.82) is 5.41 Å². The van der Waals surface area contributed by atoms with Crippen LogP contribution in [0.4, 0.5) is 0 Å². The van der Waals surface area contributed by atoms with Crippen molar-refractivity contribution in [1.82, 2.24) is 20.2 Å². The van der Waals surface area contributed by atoms with Gasteiger partial charge in [-0.3, -0.25) is 15.0 Å². The van der Waals surface area contributed by atoms with Gasteiger partial charge in [0.25, 0.3) is 11.8 Å². The van der Waals surface area contributed by atoms with E-state index < -0.39 is 0 Å². The first-order valence-corrected chi connectivity index (χ1v) is 10.6. The zero-order valence-electron chi connectivity index (χ0n) is 19.1. The SMILES string of the molecule is CNC(=O)COc1cc(C(=N)N)ccc1CNC(=O)c1cc(Cl)cc(OCc2nccn2C)c1.Cl. The average Bonchev–Trinajstić information content (AvgIpc) is 3.23. The number of aromatic nitrogens is 2. The minimum absolute atomic E-state index is 0. The molecule has 0 fully saturated rings. The molecule has 12 heteroatoms. The lowest BCUT2D eigenvalue weighted by molar-refractivity contribution is -0.122. The molecule has 3 rings (SSSR count). The molecule has 2 aromatic carbocycles. The van der Waals surface area contributed by atoms with Gasteiger partial charge in [-0.1, -0.05) is 23.7 Å². The molecule has 0 unspecified atom stereocenters. The van der Waals surface area contributed by atoms with E-state index >= 15 is 0 Å². The number of carbonyl (C=O) groups excluding carboxylic acids is 2. The van der Waals surface area contributed by atoms with E-state index in [1.807, 2.05) is 17.8 Å². The molecule has 1 heterocycles. The van der Waals surface area contributed by atoms with Gasteiger partial charge in [0.1, 0.15) is 29.8 Å². The zero-order chi connectivity index (χ0) is 24.7. The van der Waals surface area contributed by atoms with Gasteiger partial charge < -0.3 is 30.4 Å². The average molecular weight is 521 g/mol. The predicted octanol–water partition coefficient (Wildman–Crippen LogP) is 2.41. The predicted molar refractivity (Wildman–Crippen MR) is 134 cm³/mol. The van der Waals surface area contributed by atoms with Crippen LogP contribution < -0.4 is 25.8 Å². The number of amidine groups is 1. The van der Waals surface area contributed by atoms with Gasteiger partial charge in [-0.05, 0) is 24.3 Å². The number of benzene rings is 2. The van der Waals surface area contributed by atoms with Crippen molar-refractivity contribution in [2.24, 2.45) is 12.8 Å². The van der Waals surface area contributed by atoms with E-state index in [-0.39, 0.29) is 49.8 Å². The molecule has 0 saturated heterocycles. The number of ether oxygens (including phenoxy) is 2. The van der Waals surface area contributed by atoms with Crippen LogP contribution in [-0.2, 0) is 25.0 Å². The van der Waals surface area contributed by atoms with Gasteiger partial charge in [0.2, 0.25) is 0 Å². The van der Waals surface area contributed by atoms with Crippen molar-refractivity contribution in [3.63, 3.8) is 0 Å². The highest BCUT2D eigenvalue weighted by Crippen LogP contribution is 2.23. The van der Waals surface area contributed by atoms with Gasteiger partial charge in [0.05, 0.1) is 0 Å². The molecule has 0 aliphatic rings. The maximum absolute atomic E-state index is 12.8. The van der Waals surface area contributed by atoms with Crippen LogP contribution in [0, 0.1) is 5.41 Å². The van der Waals surface area contributed by atoms with Crippen molar-refractivity contribution in [2.75, 3.05) is 13.7 Å². The number of aryl methyl sites for hydroxylation is 1. The van der Waals surface area contributed by atoms with Crippen molar-refractivity contribution < 1.29 is 19.1 Å². The summed E-state index contributed by atoms with van der Waals surface area (Å²) in [4.78, 5) is 28.6. The highest BCUT2D eigenvalue weighted by Gasteiger charge is 2.13. The summed E-state index contributed by atoms with van der Waals surface area (Å²) in [6.07, 6.45) is 3.48. The van der Waals surface area contributed by atoms with Gasteiger partial charge in [0.15, 0.2) is 6.61 Å². The first kappa shape index (κ1) is 27.5. The molecule has 2 amide bonds. The zero-order valence-corrected chi connectivity index (χ0v) is 20.7. The number of nitrogens with two attached hydrogens (primary N) is 1. The minimum atomic E-state index is -0.378. The molecular formula is C23H26Cl2N6O4. The Hall–Kier alpha value is -3.76. The van der Waals surface area contributed by atoms with E-state index in [1.54, 1.807) is 36.5 Å². The number of imidazole rings is 1. The molecule has 5 N–H and O–H groups in total. The Morgan fingerprint density at radius 1 is 1.17 bits per heavy atom. The molecule has 186 valence electrons. The molecule has 0 saturated carbocycles. The molecule has 1 aromatic heterocycles. The summed E-state index contributed by atoms with van der Waals surface area (Å²) in [5.74, 6) is 0.655. The second-order valence-corrected chi connectivity index (χ2v) is 7.74. The highest BCUT2D eigenvalue weighted by molar-refractivity contribution is 6.31. The first-order chi connectivity index (χ1) is 16.3. The molecule has 0 spiro atoms. The van der Waals surface area contributed by atoms with E-state index in [0.29, 0.717) is 33.2 Å². The number of halogens is 2. The standard InChI is InChI=1S/C23H25ClN6O4.ClH/c1-27-21(31)13-34-19-9-14(22(25)26)3-4-15(19)11-29-23(32)16-7-17(24)10-18(8-16)33-12-20-28-5-6-30(20)2;/h3-10H,11-13H2,1-2H3,(H3,25,26)(H,27,31)(H,29,32);1H. The number of hydrogen-bond acceptors (Lipinski definition) is 6. The number of amides is 2. The van der Waals surface area contributed by atoms with Gasteiger partial charge in [-0.25, -0.2) is 4.98 Å². The van der Waals surface area contributed by atoms with Crippen LogP contribution in [0.25, 0.3) is 0 Å². The number of nitrogens with one attached hydrogen (secondary N) is 3. The maximum atomic E-state index is 12.8. The van der Waals surface area contributed by atoms with Crippen LogP contribution in [-0.4, -0.2) is 40.9 Å². The Bertz CT molecular complexity index is 1210. The fourth-order valence-corrected chi connectivity index (χ4v) is 3.18. The number of likely N-dealkylation sites (N-methyl/N-ethyl adjacent to an activating group) is 1. The lowest BCUT2D eigenvalue weighted by Crippen LogP contribution is -2.26. The minimum Gasteiger partial charge on any atom is -0.486 e. The molecule has 0 aliphatic heterocycles. The normalized spacial score (nSPS) is 10.1. The lowest BCUT2D eigenvalue weighted by Gasteiger charge is -2.14. The highest BCUT2D eigenvalue weighted by atomic mass is 35.5. The molecule has 0 radical (unpaired) electrons. The second kappa shape index (κ2) is 12.6. The Labute approximate surface area is 213 Å². The van der Waals surface area contributed by atoms with Crippen LogP contribution >= 0.6 is 24.0 Å². The van der Waals surface area contributed by atoms with Crippen LogP contribution in [0.2, 0.25) is 5.02 Å². The molecule has 3 aromatic rings. The van der Waals surface area contributed by atoms with Gasteiger partial charge in [-0.15, -0.1) is 12.4 Å². The van der Waals surface area contributed by atoms with Crippen LogP contribution in [0.1, 0.15) is 27.3 Å². The van der Waals surface area contributed by atoms with E-state index in [2.05, 4.69) is 15.6 Å². The second-order valence-electron chi connectivity index (χ2n) is 7.30. The third kappa shape index (κ3) is 7.62. The third-order valence-electron chi connectivity index (χ3n) is 4.88. The van der Waals surface area contributed by atoms with E-state index in [4.69, 9.17) is 32.2 Å². The summed E-state index contributed by atoms with van der Waals surface area (Å²) in [6, 6.07) is 9.61. The molecule has 0 bridgehead atoms. The smallest absolute Gasteiger partial charge is 0.257 e. The number of nitrogen functional groups attached to an aromatic ring is 1. The number of nitrogens with zero attached hydrogens (tertiary/aromatic N) is 2. The molecule has 35 heavy (non-hydrogen) atoms. The van der Waals surface area contributed by atoms with Gasteiger partial charge >= 0.3 is 0 Å². The van der Waals surface area contributed by atoms with E-state index in [0.717, 1.165) is 5.82 Å². The summed E-state index contributed by atoms with van der Waals surface area (Å²) in [5, 5.41) is 13.2. The van der Waals surface area contributed by atoms with Crippen LogP contribution in [0.5, 0.6) is 11.5 Å². The number of carbonyl (C=O) groups is 2.